The first-order chi connectivity index (χ1) is 10.0. The summed E-state index contributed by atoms with van der Waals surface area (Å²) in [6.07, 6.45) is 3.38. The Kier molecular flexibility index (Phi) is 3.07. The molecule has 0 spiro atoms. The summed E-state index contributed by atoms with van der Waals surface area (Å²) in [5.41, 5.74) is -2.12. The van der Waals surface area contributed by atoms with Crippen LogP contribution in [0.3, 0.4) is 0 Å². The van der Waals surface area contributed by atoms with Crippen LogP contribution in [0.25, 0.3) is 0 Å². The second kappa shape index (κ2) is 4.34. The molecule has 4 aliphatic carbocycles. The van der Waals surface area contributed by atoms with Crippen molar-refractivity contribution in [3.8, 4) is 0 Å². The molecule has 4 saturated carbocycles. The molecule has 0 aromatic carbocycles. The van der Waals surface area contributed by atoms with E-state index in [2.05, 4.69) is 13.5 Å². The van der Waals surface area contributed by atoms with Gasteiger partial charge in [-0.15, -0.1) is 0 Å². The zero-order valence-corrected chi connectivity index (χ0v) is 13.3. The van der Waals surface area contributed by atoms with Gasteiger partial charge in [-0.05, 0) is 50.9 Å². The van der Waals surface area contributed by atoms with Crippen LogP contribution in [0.1, 0.15) is 52.4 Å². The van der Waals surface area contributed by atoms with Crippen LogP contribution in [0.4, 0.5) is 0 Å². The lowest BCUT2D eigenvalue weighted by Gasteiger charge is -2.67. The van der Waals surface area contributed by atoms with Crippen molar-refractivity contribution in [1.29, 1.82) is 0 Å². The third-order valence-electron chi connectivity index (χ3n) is 5.72. The van der Waals surface area contributed by atoms with E-state index < -0.39 is 28.4 Å². The third-order valence-corrected chi connectivity index (χ3v) is 5.72. The molecule has 4 bridgehead atoms. The summed E-state index contributed by atoms with van der Waals surface area (Å²) in [7, 11) is 0. The fourth-order valence-corrected chi connectivity index (χ4v) is 6.03. The Hall–Kier alpha value is -1.36. The van der Waals surface area contributed by atoms with Crippen LogP contribution in [-0.2, 0) is 14.3 Å². The van der Waals surface area contributed by atoms with Crippen LogP contribution in [-0.4, -0.2) is 34.4 Å². The van der Waals surface area contributed by atoms with Crippen molar-refractivity contribution in [3.63, 3.8) is 0 Å². The van der Waals surface area contributed by atoms with Gasteiger partial charge in [0.05, 0.1) is 17.6 Å². The second-order valence-electron chi connectivity index (χ2n) is 8.54. The molecule has 122 valence electrons. The molecule has 5 heteroatoms. The Bertz CT molecular complexity index is 545. The predicted octanol–water partition coefficient (Wildman–Crippen LogP) is 2.28. The number of carboxylic acid groups (broad SMARTS) is 1. The maximum atomic E-state index is 11.9. The van der Waals surface area contributed by atoms with E-state index in [-0.39, 0.29) is 12.0 Å². The molecule has 2 N–H and O–H groups in total. The molecule has 4 unspecified atom stereocenters. The van der Waals surface area contributed by atoms with Gasteiger partial charge in [0.2, 0.25) is 0 Å². The number of aliphatic carboxylic acids is 1. The molecule has 4 rings (SSSR count). The normalized spacial score (nSPS) is 45.6. The van der Waals surface area contributed by atoms with Gasteiger partial charge < -0.3 is 14.9 Å². The minimum absolute atomic E-state index is 0.172. The van der Waals surface area contributed by atoms with Gasteiger partial charge in [0, 0.05) is 11.0 Å². The lowest BCUT2D eigenvalue weighted by molar-refractivity contribution is -0.243. The minimum Gasteiger partial charge on any atom is -0.481 e. The Morgan fingerprint density at radius 2 is 1.82 bits per heavy atom. The highest BCUT2D eigenvalue weighted by molar-refractivity contribution is 5.87. The average molecular weight is 308 g/mol. The number of esters is 1. The zero-order chi connectivity index (χ0) is 16.4. The second-order valence-corrected chi connectivity index (χ2v) is 8.54. The standard InChI is InChI=1S/C17H24O5/c1-11(2)12(18)22-10-15-4-14(3)5-16(7-15,13(19)20)9-17(21,6-14)8-15/h21H,1,4-10H2,2-3H3,(H,19,20). The SMILES string of the molecule is C=C(C)C(=O)OCC12CC3(C)CC(O)(C1)CC(C(=O)O)(C3)C2. The van der Waals surface area contributed by atoms with E-state index in [0.29, 0.717) is 37.7 Å². The Labute approximate surface area is 130 Å². The molecule has 0 saturated heterocycles. The van der Waals surface area contributed by atoms with E-state index in [9.17, 15) is 19.8 Å². The first-order valence-corrected chi connectivity index (χ1v) is 7.80. The number of rotatable bonds is 4. The highest BCUT2D eigenvalue weighted by atomic mass is 16.5. The van der Waals surface area contributed by atoms with E-state index in [1.807, 2.05) is 0 Å². The summed E-state index contributed by atoms with van der Waals surface area (Å²) in [6.45, 7) is 7.39. The van der Waals surface area contributed by atoms with E-state index in [0.717, 1.165) is 6.42 Å². The molecule has 4 aliphatic rings. The Morgan fingerprint density at radius 3 is 2.36 bits per heavy atom. The number of ether oxygens (including phenoxy) is 1. The molecule has 22 heavy (non-hydrogen) atoms. The van der Waals surface area contributed by atoms with Crippen molar-refractivity contribution in [2.75, 3.05) is 6.61 Å². The monoisotopic (exact) mass is 308 g/mol. The summed E-state index contributed by atoms with van der Waals surface area (Å²) in [4.78, 5) is 23.6. The van der Waals surface area contributed by atoms with Crippen molar-refractivity contribution >= 4 is 11.9 Å². The fourth-order valence-electron chi connectivity index (χ4n) is 6.03. The topological polar surface area (TPSA) is 83.8 Å². The molecule has 5 nitrogen and oxygen atoms in total. The van der Waals surface area contributed by atoms with Crippen molar-refractivity contribution in [2.45, 2.75) is 58.0 Å². The van der Waals surface area contributed by atoms with Gasteiger partial charge in [-0.25, -0.2) is 4.79 Å². The highest BCUT2D eigenvalue weighted by Gasteiger charge is 2.69. The lowest BCUT2D eigenvalue weighted by Crippen LogP contribution is -2.66. The smallest absolute Gasteiger partial charge is 0.333 e. The average Bonchev–Trinajstić information content (AvgIpc) is 2.31. The first kappa shape index (κ1) is 15.5. The summed E-state index contributed by atoms with van der Waals surface area (Å²) in [5.74, 6) is -1.27. The van der Waals surface area contributed by atoms with Crippen LogP contribution in [0.15, 0.2) is 12.2 Å². The summed E-state index contributed by atoms with van der Waals surface area (Å²) >= 11 is 0. The van der Waals surface area contributed by atoms with Crippen LogP contribution < -0.4 is 0 Å². The zero-order valence-electron chi connectivity index (χ0n) is 13.3. The minimum atomic E-state index is -0.947. The maximum absolute atomic E-state index is 11.9. The van der Waals surface area contributed by atoms with Crippen LogP contribution >= 0.6 is 0 Å². The van der Waals surface area contributed by atoms with Gasteiger partial charge in [0.1, 0.15) is 0 Å². The molecule has 0 heterocycles. The number of hydrogen-bond acceptors (Lipinski definition) is 4. The molecule has 0 radical (unpaired) electrons. The molecular formula is C17H24O5. The molecule has 0 aliphatic heterocycles. The van der Waals surface area contributed by atoms with Crippen LogP contribution in [0, 0.1) is 16.2 Å². The number of aliphatic hydroxyl groups is 1. The van der Waals surface area contributed by atoms with Gasteiger partial charge in [-0.3, -0.25) is 4.79 Å². The molecule has 0 aromatic heterocycles. The number of carbonyl (C=O) groups is 2. The van der Waals surface area contributed by atoms with Gasteiger partial charge in [-0.1, -0.05) is 13.5 Å². The van der Waals surface area contributed by atoms with Crippen LogP contribution in [0.5, 0.6) is 0 Å². The Balaban J connectivity index is 1.91. The molecule has 0 aromatic rings. The highest BCUT2D eigenvalue weighted by Crippen LogP contribution is 2.70. The van der Waals surface area contributed by atoms with Gasteiger partial charge >= 0.3 is 11.9 Å². The molecular weight excluding hydrogens is 284 g/mol. The molecule has 0 amide bonds. The maximum Gasteiger partial charge on any atom is 0.333 e. The van der Waals surface area contributed by atoms with E-state index in [1.54, 1.807) is 6.92 Å². The van der Waals surface area contributed by atoms with E-state index in [4.69, 9.17) is 4.74 Å². The predicted molar refractivity (Wildman–Crippen MR) is 79.0 cm³/mol. The Morgan fingerprint density at radius 1 is 1.14 bits per heavy atom. The van der Waals surface area contributed by atoms with Gasteiger partial charge in [-0.2, -0.15) is 0 Å². The van der Waals surface area contributed by atoms with E-state index in [1.165, 1.54) is 0 Å². The van der Waals surface area contributed by atoms with Gasteiger partial charge in [0.15, 0.2) is 0 Å². The molecule has 4 atom stereocenters. The first-order valence-electron chi connectivity index (χ1n) is 7.80. The number of hydrogen-bond donors (Lipinski definition) is 2. The third kappa shape index (κ3) is 2.26. The van der Waals surface area contributed by atoms with Crippen LogP contribution in [0.2, 0.25) is 0 Å². The summed E-state index contributed by atoms with van der Waals surface area (Å²) in [5, 5.41) is 20.7. The summed E-state index contributed by atoms with van der Waals surface area (Å²) in [6, 6.07) is 0. The van der Waals surface area contributed by atoms with Crippen molar-refractivity contribution in [2.24, 2.45) is 16.2 Å². The van der Waals surface area contributed by atoms with Gasteiger partial charge in [0.25, 0.3) is 0 Å². The number of carboxylic acids is 1. The lowest BCUT2D eigenvalue weighted by atomic mass is 9.38. The largest absolute Gasteiger partial charge is 0.481 e. The van der Waals surface area contributed by atoms with Crippen molar-refractivity contribution in [3.05, 3.63) is 12.2 Å². The summed E-state index contributed by atoms with van der Waals surface area (Å²) < 4.78 is 5.36. The fraction of sp³-hybridized carbons (Fsp3) is 0.765. The molecule has 4 fully saturated rings. The van der Waals surface area contributed by atoms with E-state index >= 15 is 0 Å². The quantitative estimate of drug-likeness (QED) is 0.615. The van der Waals surface area contributed by atoms with Crippen molar-refractivity contribution < 1.29 is 24.5 Å². The van der Waals surface area contributed by atoms with Crippen molar-refractivity contribution in [1.82, 2.24) is 0 Å². The number of carbonyl (C=O) groups excluding carboxylic acids is 1.